The van der Waals surface area contributed by atoms with E-state index in [1.54, 1.807) is 0 Å². The second-order valence-electron chi connectivity index (χ2n) is 9.03. The van der Waals surface area contributed by atoms with E-state index in [0.29, 0.717) is 16.2 Å². The Bertz CT molecular complexity index is 1100. The molecular weight excluding hydrogens is 408 g/mol. The van der Waals surface area contributed by atoms with Crippen LogP contribution in [0.25, 0.3) is 11.2 Å². The van der Waals surface area contributed by atoms with Crippen molar-refractivity contribution in [2.75, 3.05) is 18.4 Å². The number of hydrogen-bond acceptors (Lipinski definition) is 6. The molecule has 0 spiro atoms. The molecule has 0 bridgehead atoms. The highest BCUT2D eigenvalue weighted by Crippen LogP contribution is 2.26. The summed E-state index contributed by atoms with van der Waals surface area (Å²) in [5.41, 5.74) is 3.99. The van der Waals surface area contributed by atoms with Crippen molar-refractivity contribution in [3.8, 4) is 0 Å². The lowest BCUT2D eigenvalue weighted by Gasteiger charge is -2.29. The summed E-state index contributed by atoms with van der Waals surface area (Å²) in [6.45, 7) is 8.29. The number of rotatable bonds is 4. The van der Waals surface area contributed by atoms with Gasteiger partial charge >= 0.3 is 0 Å². The first kappa shape index (κ1) is 20.6. The van der Waals surface area contributed by atoms with Crippen LogP contribution in [-0.2, 0) is 19.5 Å². The van der Waals surface area contributed by atoms with Gasteiger partial charge in [0.05, 0.1) is 11.3 Å². The average Bonchev–Trinajstić information content (AvgIpc) is 3.25. The molecule has 8 heteroatoms. The number of anilines is 1. The molecule has 0 unspecified atom stereocenters. The lowest BCUT2D eigenvalue weighted by atomic mass is 9.99. The van der Waals surface area contributed by atoms with Crippen molar-refractivity contribution < 1.29 is 4.79 Å². The molecule has 1 N–H and O–H groups in total. The number of hydrogen-bond donors (Lipinski definition) is 1. The van der Waals surface area contributed by atoms with Gasteiger partial charge in [0.1, 0.15) is 11.3 Å². The number of pyridine rings is 1. The summed E-state index contributed by atoms with van der Waals surface area (Å²) in [6.07, 6.45) is 6.93. The molecule has 0 aromatic carbocycles. The summed E-state index contributed by atoms with van der Waals surface area (Å²) in [4.78, 5) is 29.8. The SMILES string of the molecule is Cc1cc(C(=O)Nc2nc(CN3CCC(C)CC3)cs2)c2nc3n(c2n1)CCCCC3. The summed E-state index contributed by atoms with van der Waals surface area (Å²) in [6, 6.07) is 1.84. The molecule has 164 valence electrons. The van der Waals surface area contributed by atoms with E-state index in [1.807, 2.05) is 13.0 Å². The van der Waals surface area contributed by atoms with Crippen LogP contribution in [0.4, 0.5) is 5.13 Å². The number of thiazole rings is 1. The number of imidazole rings is 1. The van der Waals surface area contributed by atoms with Crippen molar-refractivity contribution in [2.24, 2.45) is 5.92 Å². The van der Waals surface area contributed by atoms with Crippen LogP contribution in [-0.4, -0.2) is 43.4 Å². The lowest BCUT2D eigenvalue weighted by Crippen LogP contribution is -2.32. The number of likely N-dealkylation sites (tertiary alicyclic amines) is 1. The van der Waals surface area contributed by atoms with E-state index in [1.165, 1.54) is 30.6 Å². The third kappa shape index (κ3) is 4.36. The zero-order chi connectivity index (χ0) is 21.4. The van der Waals surface area contributed by atoms with Gasteiger partial charge in [0.25, 0.3) is 5.91 Å². The zero-order valence-corrected chi connectivity index (χ0v) is 19.2. The molecule has 7 nitrogen and oxygen atoms in total. The van der Waals surface area contributed by atoms with E-state index in [2.05, 4.69) is 32.1 Å². The summed E-state index contributed by atoms with van der Waals surface area (Å²) < 4.78 is 2.20. The van der Waals surface area contributed by atoms with E-state index < -0.39 is 0 Å². The molecule has 5 rings (SSSR count). The molecule has 0 saturated carbocycles. The third-order valence-electron chi connectivity index (χ3n) is 6.47. The van der Waals surface area contributed by atoms with Crippen LogP contribution in [0.15, 0.2) is 11.4 Å². The number of fused-ring (bicyclic) bond motifs is 3. The molecular formula is C23H30N6OS. The van der Waals surface area contributed by atoms with Gasteiger partial charge in [-0.2, -0.15) is 0 Å². The van der Waals surface area contributed by atoms with Crippen LogP contribution in [0.2, 0.25) is 0 Å². The van der Waals surface area contributed by atoms with Gasteiger partial charge in [-0.1, -0.05) is 13.3 Å². The molecule has 1 fully saturated rings. The molecule has 2 aliphatic heterocycles. The maximum atomic E-state index is 13.2. The second-order valence-corrected chi connectivity index (χ2v) is 9.89. The van der Waals surface area contributed by atoms with Gasteiger partial charge in [-0.3, -0.25) is 15.0 Å². The van der Waals surface area contributed by atoms with Crippen molar-refractivity contribution in [1.29, 1.82) is 0 Å². The molecule has 0 aliphatic carbocycles. The smallest absolute Gasteiger partial charge is 0.259 e. The predicted molar refractivity (Wildman–Crippen MR) is 124 cm³/mol. The van der Waals surface area contributed by atoms with E-state index in [9.17, 15) is 4.79 Å². The first-order chi connectivity index (χ1) is 15.1. The Morgan fingerprint density at radius 3 is 2.84 bits per heavy atom. The van der Waals surface area contributed by atoms with Gasteiger partial charge in [0.2, 0.25) is 0 Å². The van der Waals surface area contributed by atoms with Crippen molar-refractivity contribution in [2.45, 2.75) is 65.5 Å². The van der Waals surface area contributed by atoms with Gasteiger partial charge in [0, 0.05) is 30.6 Å². The molecule has 0 radical (unpaired) electrons. The number of aromatic nitrogens is 4. The van der Waals surface area contributed by atoms with E-state index >= 15 is 0 Å². The predicted octanol–water partition coefficient (Wildman–Crippen LogP) is 4.41. The van der Waals surface area contributed by atoms with Gasteiger partial charge < -0.3 is 4.57 Å². The highest BCUT2D eigenvalue weighted by molar-refractivity contribution is 7.14. The Morgan fingerprint density at radius 1 is 1.16 bits per heavy atom. The van der Waals surface area contributed by atoms with Crippen molar-refractivity contribution in [1.82, 2.24) is 24.4 Å². The van der Waals surface area contributed by atoms with Crippen LogP contribution in [0.3, 0.4) is 0 Å². The largest absolute Gasteiger partial charge is 0.313 e. The Kier molecular flexibility index (Phi) is 5.75. The standard InChI is InChI=1S/C23H30N6OS/c1-15-7-10-28(11-8-15)13-17-14-31-23(25-17)27-22(30)18-12-16(2)24-21-20(18)26-19-6-4-3-5-9-29(19)21/h12,14-15H,3-11,13H2,1-2H3,(H,25,27,30). The lowest BCUT2D eigenvalue weighted by molar-refractivity contribution is 0.102. The highest BCUT2D eigenvalue weighted by atomic mass is 32.1. The summed E-state index contributed by atoms with van der Waals surface area (Å²) >= 11 is 1.49. The summed E-state index contributed by atoms with van der Waals surface area (Å²) in [7, 11) is 0. The molecule has 1 saturated heterocycles. The van der Waals surface area contributed by atoms with Crippen LogP contribution in [0, 0.1) is 12.8 Å². The summed E-state index contributed by atoms with van der Waals surface area (Å²) in [5, 5.41) is 5.71. The Labute approximate surface area is 186 Å². The second kappa shape index (κ2) is 8.67. The van der Waals surface area contributed by atoms with E-state index in [4.69, 9.17) is 9.97 Å². The highest BCUT2D eigenvalue weighted by Gasteiger charge is 2.22. The number of nitrogens with one attached hydrogen (secondary N) is 1. The fraction of sp³-hybridized carbons (Fsp3) is 0.565. The minimum atomic E-state index is -0.156. The number of piperidine rings is 1. The fourth-order valence-corrected chi connectivity index (χ4v) is 5.34. The van der Waals surface area contributed by atoms with Crippen LogP contribution >= 0.6 is 11.3 Å². The fourth-order valence-electron chi connectivity index (χ4n) is 4.64. The van der Waals surface area contributed by atoms with Gasteiger partial charge in [-0.25, -0.2) is 15.0 Å². The number of carbonyl (C=O) groups excluding carboxylic acids is 1. The van der Waals surface area contributed by atoms with E-state index in [-0.39, 0.29) is 5.91 Å². The minimum absolute atomic E-state index is 0.156. The Hall–Kier alpha value is -2.32. The van der Waals surface area contributed by atoms with Crippen LogP contribution in [0.1, 0.15) is 66.6 Å². The number of nitrogens with zero attached hydrogens (tertiary/aromatic N) is 5. The maximum absolute atomic E-state index is 13.2. The number of amides is 1. The molecule has 31 heavy (non-hydrogen) atoms. The van der Waals surface area contributed by atoms with Gasteiger partial charge in [0.15, 0.2) is 10.8 Å². The normalized spacial score (nSPS) is 18.1. The van der Waals surface area contributed by atoms with Crippen molar-refractivity contribution >= 4 is 33.5 Å². The quantitative estimate of drug-likeness (QED) is 0.653. The van der Waals surface area contributed by atoms with E-state index in [0.717, 1.165) is 74.2 Å². The summed E-state index contributed by atoms with van der Waals surface area (Å²) in [5.74, 6) is 1.71. The zero-order valence-electron chi connectivity index (χ0n) is 18.4. The topological polar surface area (TPSA) is 75.9 Å². The Balaban J connectivity index is 1.34. The number of carbonyl (C=O) groups is 1. The van der Waals surface area contributed by atoms with Gasteiger partial charge in [-0.15, -0.1) is 11.3 Å². The maximum Gasteiger partial charge on any atom is 0.259 e. The van der Waals surface area contributed by atoms with Gasteiger partial charge in [-0.05, 0) is 57.7 Å². The monoisotopic (exact) mass is 438 g/mol. The van der Waals surface area contributed by atoms with Crippen molar-refractivity contribution in [3.63, 3.8) is 0 Å². The third-order valence-corrected chi connectivity index (χ3v) is 7.28. The first-order valence-corrected chi connectivity index (χ1v) is 12.3. The molecule has 5 heterocycles. The minimum Gasteiger partial charge on any atom is -0.313 e. The molecule has 1 amide bonds. The molecule has 3 aromatic rings. The van der Waals surface area contributed by atoms with Crippen LogP contribution < -0.4 is 5.32 Å². The van der Waals surface area contributed by atoms with Crippen LogP contribution in [0.5, 0.6) is 0 Å². The average molecular weight is 439 g/mol. The number of aryl methyl sites for hydroxylation is 3. The molecule has 0 atom stereocenters. The first-order valence-electron chi connectivity index (χ1n) is 11.4. The Morgan fingerprint density at radius 2 is 2.00 bits per heavy atom. The molecule has 3 aromatic heterocycles. The molecule has 2 aliphatic rings. The van der Waals surface area contributed by atoms with Crippen molar-refractivity contribution in [3.05, 3.63) is 34.2 Å².